The van der Waals surface area contributed by atoms with Crippen LogP contribution in [0.2, 0.25) is 0 Å². The lowest BCUT2D eigenvalue weighted by Gasteiger charge is -2.39. The molecule has 19 heavy (non-hydrogen) atoms. The van der Waals surface area contributed by atoms with Crippen LogP contribution in [0.4, 0.5) is 0 Å². The smallest absolute Gasteiger partial charge is 0.0853 e. The normalized spacial score (nSPS) is 23.3. The summed E-state index contributed by atoms with van der Waals surface area (Å²) in [4.78, 5) is 2.51. The first-order valence-corrected chi connectivity index (χ1v) is 7.44. The second-order valence-electron chi connectivity index (χ2n) is 6.78. The van der Waals surface area contributed by atoms with Crippen molar-refractivity contribution in [3.8, 4) is 0 Å². The maximum atomic E-state index is 10.6. The predicted molar refractivity (Wildman–Crippen MR) is 80.0 cm³/mol. The highest BCUT2D eigenvalue weighted by Crippen LogP contribution is 2.34. The van der Waals surface area contributed by atoms with E-state index in [2.05, 4.69) is 25.7 Å². The number of hydrogen-bond acceptors (Lipinski definition) is 2. The van der Waals surface area contributed by atoms with Gasteiger partial charge in [-0.2, -0.15) is 0 Å². The van der Waals surface area contributed by atoms with Crippen molar-refractivity contribution >= 4 is 0 Å². The third-order valence-corrected chi connectivity index (χ3v) is 4.23. The van der Waals surface area contributed by atoms with Crippen LogP contribution >= 0.6 is 0 Å². The zero-order chi connectivity index (χ0) is 13.9. The minimum absolute atomic E-state index is 0.113. The molecule has 1 aliphatic heterocycles. The van der Waals surface area contributed by atoms with Crippen LogP contribution in [-0.2, 0) is 0 Å². The van der Waals surface area contributed by atoms with Crippen molar-refractivity contribution < 1.29 is 5.11 Å². The molecular formula is C17H27NO. The van der Waals surface area contributed by atoms with Gasteiger partial charge in [-0.15, -0.1) is 0 Å². The summed E-state index contributed by atoms with van der Waals surface area (Å²) in [5.41, 5.74) is 0.913. The average molecular weight is 261 g/mol. The van der Waals surface area contributed by atoms with E-state index in [1.165, 1.54) is 25.9 Å². The highest BCUT2D eigenvalue weighted by Gasteiger charge is 2.32. The highest BCUT2D eigenvalue weighted by atomic mass is 16.3. The molecule has 2 rings (SSSR count). The fraction of sp³-hybridized carbons (Fsp3) is 0.647. The maximum Gasteiger partial charge on any atom is 0.0853 e. The van der Waals surface area contributed by atoms with E-state index >= 15 is 0 Å². The predicted octanol–water partition coefficient (Wildman–Crippen LogP) is 3.48. The first-order valence-electron chi connectivity index (χ1n) is 7.44. The molecule has 1 aromatic carbocycles. The highest BCUT2D eigenvalue weighted by molar-refractivity contribution is 5.19. The first kappa shape index (κ1) is 14.5. The molecule has 1 aliphatic rings. The minimum atomic E-state index is -0.397. The summed E-state index contributed by atoms with van der Waals surface area (Å²) in [6.07, 6.45) is 2.24. The molecule has 0 radical (unpaired) electrons. The summed E-state index contributed by atoms with van der Waals surface area (Å²) >= 11 is 0. The van der Waals surface area contributed by atoms with Gasteiger partial charge < -0.3 is 10.0 Å². The van der Waals surface area contributed by atoms with Gasteiger partial charge in [-0.05, 0) is 30.9 Å². The second kappa shape index (κ2) is 6.06. The van der Waals surface area contributed by atoms with Crippen LogP contribution in [0.3, 0.4) is 0 Å². The molecule has 0 spiro atoms. The molecule has 0 amide bonds. The lowest BCUT2D eigenvalue weighted by molar-refractivity contribution is 0.0109. The zero-order valence-corrected chi connectivity index (χ0v) is 12.5. The molecule has 1 heterocycles. The molecule has 1 N–H and O–H groups in total. The summed E-state index contributed by atoms with van der Waals surface area (Å²) in [7, 11) is 0. The fourth-order valence-electron chi connectivity index (χ4n) is 3.18. The molecular weight excluding hydrogens is 234 g/mol. The number of aliphatic hydroxyl groups excluding tert-OH is 1. The molecule has 0 aromatic heterocycles. The van der Waals surface area contributed by atoms with Crippen LogP contribution in [0, 0.1) is 11.3 Å². The van der Waals surface area contributed by atoms with Crippen LogP contribution in [0.1, 0.15) is 45.3 Å². The van der Waals surface area contributed by atoms with Crippen molar-refractivity contribution in [2.45, 2.75) is 39.7 Å². The third kappa shape index (κ3) is 3.80. The van der Waals surface area contributed by atoms with Crippen molar-refractivity contribution in [1.82, 2.24) is 4.90 Å². The SMILES string of the molecule is CC1CCCN(CC(C)(C)C(O)c2ccccc2)C1. The zero-order valence-electron chi connectivity index (χ0n) is 12.5. The van der Waals surface area contributed by atoms with Crippen molar-refractivity contribution in [3.63, 3.8) is 0 Å². The molecule has 1 fully saturated rings. The summed E-state index contributed by atoms with van der Waals surface area (Å²) in [5.74, 6) is 0.790. The Bertz CT molecular complexity index is 388. The van der Waals surface area contributed by atoms with Gasteiger partial charge in [0.1, 0.15) is 0 Å². The largest absolute Gasteiger partial charge is 0.388 e. The van der Waals surface area contributed by atoms with Crippen LogP contribution in [0.25, 0.3) is 0 Å². The van der Waals surface area contributed by atoms with Crippen molar-refractivity contribution in [2.75, 3.05) is 19.6 Å². The van der Waals surface area contributed by atoms with Gasteiger partial charge in [0.2, 0.25) is 0 Å². The van der Waals surface area contributed by atoms with E-state index in [-0.39, 0.29) is 5.41 Å². The number of aliphatic hydroxyl groups is 1. The van der Waals surface area contributed by atoms with E-state index < -0.39 is 6.10 Å². The number of benzene rings is 1. The minimum Gasteiger partial charge on any atom is -0.388 e. The molecule has 0 bridgehead atoms. The lowest BCUT2D eigenvalue weighted by atomic mass is 9.81. The van der Waals surface area contributed by atoms with Gasteiger partial charge in [0.15, 0.2) is 0 Å². The Hall–Kier alpha value is -0.860. The summed E-state index contributed by atoms with van der Waals surface area (Å²) in [6.45, 7) is 9.98. The van der Waals surface area contributed by atoms with Gasteiger partial charge in [0, 0.05) is 18.5 Å². The van der Waals surface area contributed by atoms with Crippen LogP contribution in [0.15, 0.2) is 30.3 Å². The number of nitrogens with zero attached hydrogens (tertiary/aromatic N) is 1. The Kier molecular flexibility index (Phi) is 4.64. The van der Waals surface area contributed by atoms with Gasteiger partial charge in [-0.25, -0.2) is 0 Å². The fourth-order valence-corrected chi connectivity index (χ4v) is 3.18. The monoisotopic (exact) mass is 261 g/mol. The maximum absolute atomic E-state index is 10.6. The summed E-state index contributed by atoms with van der Waals surface area (Å²) in [6, 6.07) is 10.0. The Morgan fingerprint density at radius 2 is 2.00 bits per heavy atom. The van der Waals surface area contributed by atoms with Crippen LogP contribution in [0.5, 0.6) is 0 Å². The van der Waals surface area contributed by atoms with Gasteiger partial charge >= 0.3 is 0 Å². The summed E-state index contributed by atoms with van der Waals surface area (Å²) < 4.78 is 0. The molecule has 106 valence electrons. The molecule has 2 heteroatoms. The standard InChI is InChI=1S/C17H27NO/c1-14-8-7-11-18(12-14)13-17(2,3)16(19)15-9-5-4-6-10-15/h4-6,9-10,14,16,19H,7-8,11-13H2,1-3H3. The molecule has 1 aromatic rings. The third-order valence-electron chi connectivity index (χ3n) is 4.23. The molecule has 1 saturated heterocycles. The Balaban J connectivity index is 2.01. The molecule has 0 saturated carbocycles. The molecule has 2 atom stereocenters. The van der Waals surface area contributed by atoms with Crippen LogP contribution < -0.4 is 0 Å². The topological polar surface area (TPSA) is 23.5 Å². The van der Waals surface area contributed by atoms with Crippen molar-refractivity contribution in [1.29, 1.82) is 0 Å². The van der Waals surface area contributed by atoms with E-state index in [1.54, 1.807) is 0 Å². The molecule has 2 nitrogen and oxygen atoms in total. The summed E-state index contributed by atoms with van der Waals surface area (Å²) in [5, 5.41) is 10.6. The Morgan fingerprint density at radius 3 is 2.63 bits per heavy atom. The van der Waals surface area contributed by atoms with E-state index in [9.17, 15) is 5.11 Å². The van der Waals surface area contributed by atoms with Crippen LogP contribution in [-0.4, -0.2) is 29.6 Å². The second-order valence-corrected chi connectivity index (χ2v) is 6.78. The number of likely N-dealkylation sites (tertiary alicyclic amines) is 1. The average Bonchev–Trinajstić information content (AvgIpc) is 2.38. The lowest BCUT2D eigenvalue weighted by Crippen LogP contribution is -2.42. The van der Waals surface area contributed by atoms with Crippen molar-refractivity contribution in [3.05, 3.63) is 35.9 Å². The first-order chi connectivity index (χ1) is 8.99. The number of rotatable bonds is 4. The Labute approximate surface area is 117 Å². The van der Waals surface area contributed by atoms with Gasteiger partial charge in [-0.3, -0.25) is 0 Å². The quantitative estimate of drug-likeness (QED) is 0.897. The number of piperidine rings is 1. The van der Waals surface area contributed by atoms with Crippen molar-refractivity contribution in [2.24, 2.45) is 11.3 Å². The molecule has 2 unspecified atom stereocenters. The van der Waals surface area contributed by atoms with E-state index in [0.29, 0.717) is 0 Å². The van der Waals surface area contributed by atoms with Gasteiger partial charge in [-0.1, -0.05) is 51.1 Å². The van der Waals surface area contributed by atoms with Gasteiger partial charge in [0.05, 0.1) is 6.10 Å². The Morgan fingerprint density at radius 1 is 1.32 bits per heavy atom. The van der Waals surface area contributed by atoms with E-state index in [4.69, 9.17) is 0 Å². The van der Waals surface area contributed by atoms with Gasteiger partial charge in [0.25, 0.3) is 0 Å². The van der Waals surface area contributed by atoms with E-state index in [1.807, 2.05) is 30.3 Å². The number of hydrogen-bond donors (Lipinski definition) is 1. The molecule has 0 aliphatic carbocycles. The van der Waals surface area contributed by atoms with E-state index in [0.717, 1.165) is 18.0 Å².